The monoisotopic (exact) mass is 511 g/mol. The van der Waals surface area contributed by atoms with Crippen LogP contribution in [0.3, 0.4) is 0 Å². The first kappa shape index (κ1) is 24.5. The second-order valence-corrected chi connectivity index (χ2v) is 13.1. The average molecular weight is 512 g/mol. The van der Waals surface area contributed by atoms with Gasteiger partial charge in [-0.1, -0.05) is 13.8 Å². The first-order valence-corrected chi connectivity index (χ1v) is 13.9. The maximum absolute atomic E-state index is 13.0. The predicted octanol–water partition coefficient (Wildman–Crippen LogP) is 1.23. The van der Waals surface area contributed by atoms with E-state index in [2.05, 4.69) is 18.7 Å². The van der Waals surface area contributed by atoms with Crippen LogP contribution >= 0.6 is 10.3 Å². The molecule has 0 radical (unpaired) electrons. The molecule has 3 unspecified atom stereocenters. The molecule has 4 aliphatic heterocycles. The number of carbonyl (C=O) groups is 3. The van der Waals surface area contributed by atoms with E-state index >= 15 is 0 Å². The highest BCUT2D eigenvalue weighted by Crippen LogP contribution is 2.73. The van der Waals surface area contributed by atoms with Gasteiger partial charge in [0.15, 0.2) is 12.2 Å². The van der Waals surface area contributed by atoms with Gasteiger partial charge in [0.05, 0.1) is 17.1 Å². The normalized spacial score (nSPS) is 34.7. The van der Waals surface area contributed by atoms with Gasteiger partial charge in [-0.05, 0) is 31.6 Å². The van der Waals surface area contributed by atoms with Crippen LogP contribution in [-0.2, 0) is 23.2 Å². The van der Waals surface area contributed by atoms with Crippen molar-refractivity contribution in [2.24, 2.45) is 10.9 Å². The van der Waals surface area contributed by atoms with E-state index in [0.29, 0.717) is 22.5 Å². The molecule has 0 spiro atoms. The molecule has 12 heteroatoms. The van der Waals surface area contributed by atoms with Crippen molar-refractivity contribution in [3.8, 4) is 0 Å². The summed E-state index contributed by atoms with van der Waals surface area (Å²) in [5.41, 5.74) is 0.733. The van der Waals surface area contributed by atoms with Gasteiger partial charge in [0, 0.05) is 48.2 Å². The molecule has 1 amide bonds. The summed E-state index contributed by atoms with van der Waals surface area (Å²) in [6.45, 7) is 7.59. The fourth-order valence-electron chi connectivity index (χ4n) is 5.06. The summed E-state index contributed by atoms with van der Waals surface area (Å²) in [6.07, 6.45) is -1.82. The van der Waals surface area contributed by atoms with Gasteiger partial charge in [0.2, 0.25) is 0 Å². The van der Waals surface area contributed by atoms with Gasteiger partial charge in [-0.25, -0.2) is 19.4 Å². The zero-order valence-corrected chi connectivity index (χ0v) is 20.9. The zero-order chi connectivity index (χ0) is 24.9. The number of aliphatic hydroxyl groups excluding tert-OH is 2. The molecule has 5 rings (SSSR count). The Bertz CT molecular complexity index is 972. The lowest BCUT2D eigenvalue weighted by molar-refractivity contribution is -0.164. The standard InChI is InChI=1S/C23H33N3O8S/c1-13(2)11-25-8-5-14(6-9-25)32-22-24-16-7-10-26-12-17(16)35(22,15-3-4-15)34-21(30)19(28)18(27)20(29)33-23(26)31/h13-15,18-19,27-28H,3-12H2,1-2H3. The van der Waals surface area contributed by atoms with E-state index in [1.807, 2.05) is 0 Å². The van der Waals surface area contributed by atoms with E-state index in [-0.39, 0.29) is 24.4 Å². The minimum atomic E-state index is -2.56. The maximum atomic E-state index is 13.0. The molecule has 3 fully saturated rings. The lowest BCUT2D eigenvalue weighted by atomic mass is 10.1. The largest absolute Gasteiger partial charge is 0.468 e. The highest BCUT2D eigenvalue weighted by Gasteiger charge is 2.58. The molecule has 0 aromatic rings. The molecule has 35 heavy (non-hydrogen) atoms. The fraction of sp³-hybridized carbons (Fsp3) is 0.739. The molecule has 0 aromatic heterocycles. The number of amides is 1. The van der Waals surface area contributed by atoms with Crippen molar-refractivity contribution in [3.05, 3.63) is 10.6 Å². The Kier molecular flexibility index (Phi) is 6.58. The topological polar surface area (TPSA) is 138 Å². The van der Waals surface area contributed by atoms with Crippen LogP contribution in [0.4, 0.5) is 4.79 Å². The lowest BCUT2D eigenvalue weighted by Crippen LogP contribution is -2.44. The van der Waals surface area contributed by atoms with Gasteiger partial charge in [0.1, 0.15) is 6.10 Å². The molecule has 194 valence electrons. The van der Waals surface area contributed by atoms with Crippen LogP contribution in [0.2, 0.25) is 0 Å². The molecule has 11 nitrogen and oxygen atoms in total. The lowest BCUT2D eigenvalue weighted by Gasteiger charge is -2.42. The summed E-state index contributed by atoms with van der Waals surface area (Å²) in [4.78, 5) is 47.0. The number of fused-ring (bicyclic) bond motifs is 1. The second-order valence-electron chi connectivity index (χ2n) is 10.2. The van der Waals surface area contributed by atoms with Gasteiger partial charge in [-0.2, -0.15) is 0 Å². The van der Waals surface area contributed by atoms with E-state index in [0.717, 1.165) is 51.0 Å². The molecule has 1 saturated carbocycles. The van der Waals surface area contributed by atoms with Crippen molar-refractivity contribution in [2.75, 3.05) is 32.7 Å². The van der Waals surface area contributed by atoms with E-state index in [4.69, 9.17) is 18.6 Å². The Labute approximate surface area is 205 Å². The second kappa shape index (κ2) is 9.38. The van der Waals surface area contributed by atoms with Gasteiger partial charge in [-0.15, -0.1) is 0 Å². The first-order chi connectivity index (χ1) is 16.7. The fourth-order valence-corrected chi connectivity index (χ4v) is 8.80. The van der Waals surface area contributed by atoms with Crippen LogP contribution in [0, 0.1) is 5.92 Å². The van der Waals surface area contributed by atoms with E-state index in [1.165, 1.54) is 4.90 Å². The van der Waals surface area contributed by atoms with Crippen LogP contribution < -0.4 is 0 Å². The maximum Gasteiger partial charge on any atom is 0.417 e. The molecular weight excluding hydrogens is 478 g/mol. The Morgan fingerprint density at radius 1 is 1.06 bits per heavy atom. The molecule has 2 N–H and O–H groups in total. The number of rotatable bonds is 4. The molecule has 3 atom stereocenters. The summed E-state index contributed by atoms with van der Waals surface area (Å²) in [6, 6.07) is 0. The van der Waals surface area contributed by atoms with Crippen molar-refractivity contribution in [1.82, 2.24) is 9.80 Å². The minimum Gasteiger partial charge on any atom is -0.468 e. The quantitative estimate of drug-likeness (QED) is 0.422. The number of piperidine rings is 1. The van der Waals surface area contributed by atoms with Crippen LogP contribution in [0.25, 0.3) is 0 Å². The number of aliphatic hydroxyl groups is 2. The van der Waals surface area contributed by atoms with Gasteiger partial charge in [0.25, 0.3) is 5.23 Å². The number of aliphatic imine (C=N–C) groups is 1. The van der Waals surface area contributed by atoms with Crippen molar-refractivity contribution in [3.63, 3.8) is 0 Å². The van der Waals surface area contributed by atoms with Crippen molar-refractivity contribution >= 4 is 33.6 Å². The Hall–Kier alpha value is -2.15. The van der Waals surface area contributed by atoms with Crippen molar-refractivity contribution in [1.29, 1.82) is 0 Å². The van der Waals surface area contributed by atoms with Crippen molar-refractivity contribution in [2.45, 2.75) is 69.5 Å². The number of likely N-dealkylation sites (tertiary alicyclic amines) is 1. The number of esters is 1. The summed E-state index contributed by atoms with van der Waals surface area (Å²) in [5.74, 6) is -1.94. The van der Waals surface area contributed by atoms with E-state index < -0.39 is 40.5 Å². The Morgan fingerprint density at radius 3 is 2.40 bits per heavy atom. The van der Waals surface area contributed by atoms with Gasteiger partial charge >= 0.3 is 18.0 Å². The first-order valence-electron chi connectivity index (χ1n) is 12.3. The third kappa shape index (κ3) is 4.56. The third-order valence-electron chi connectivity index (χ3n) is 6.99. The number of carbonyl (C=O) groups excluding carboxylic acids is 3. The number of nitrogens with zero attached hydrogens (tertiary/aromatic N) is 3. The molecule has 2 saturated heterocycles. The van der Waals surface area contributed by atoms with E-state index in [1.54, 1.807) is 0 Å². The van der Waals surface area contributed by atoms with Crippen LogP contribution in [0.5, 0.6) is 0 Å². The molecular formula is C23H33N3O8S. The van der Waals surface area contributed by atoms with Gasteiger partial charge in [-0.3, -0.25) is 0 Å². The SMILES string of the molecule is CC(C)CN1CCC(OC2=NC3=C4CN(CC3)C(=O)OC(=O)C(O)C(O)C(=O)OS24C2CC2)CC1. The number of cyclic esters (lactones) is 2. The van der Waals surface area contributed by atoms with Crippen LogP contribution in [0.1, 0.15) is 46.0 Å². The number of hydrogen-bond donors (Lipinski definition) is 2. The molecule has 4 heterocycles. The van der Waals surface area contributed by atoms with Crippen LogP contribution in [0.15, 0.2) is 15.6 Å². The highest BCUT2D eigenvalue weighted by atomic mass is 32.3. The average Bonchev–Trinajstić information content (AvgIpc) is 3.63. The zero-order valence-electron chi connectivity index (χ0n) is 20.1. The molecule has 2 bridgehead atoms. The molecule has 5 aliphatic rings. The molecule has 0 aromatic carbocycles. The molecule has 1 aliphatic carbocycles. The Balaban J connectivity index is 1.44. The highest BCUT2D eigenvalue weighted by molar-refractivity contribution is 8.45. The van der Waals surface area contributed by atoms with Crippen molar-refractivity contribution < 1.29 is 38.3 Å². The minimum absolute atomic E-state index is 0.0458. The van der Waals surface area contributed by atoms with Crippen LogP contribution in [-0.4, -0.2) is 99.6 Å². The summed E-state index contributed by atoms with van der Waals surface area (Å²) in [7, 11) is -2.56. The number of hydrogen-bond acceptors (Lipinski definition) is 10. The number of ether oxygens (including phenoxy) is 2. The summed E-state index contributed by atoms with van der Waals surface area (Å²) >= 11 is 0. The summed E-state index contributed by atoms with van der Waals surface area (Å²) in [5, 5.41) is 20.8. The van der Waals surface area contributed by atoms with Gasteiger partial charge < -0.3 is 33.7 Å². The third-order valence-corrected chi connectivity index (χ3v) is 10.6. The summed E-state index contributed by atoms with van der Waals surface area (Å²) < 4.78 is 17.2. The predicted molar refractivity (Wildman–Crippen MR) is 126 cm³/mol. The van der Waals surface area contributed by atoms with E-state index in [9.17, 15) is 24.6 Å². The smallest absolute Gasteiger partial charge is 0.417 e. The Morgan fingerprint density at radius 2 is 1.74 bits per heavy atom.